The number of carbonyl (C=O) groups excluding carboxylic acids is 1. The van der Waals surface area contributed by atoms with Gasteiger partial charge in [0.1, 0.15) is 5.82 Å². The van der Waals surface area contributed by atoms with E-state index in [0.29, 0.717) is 17.1 Å². The van der Waals surface area contributed by atoms with E-state index < -0.39 is 5.91 Å². The highest BCUT2D eigenvalue weighted by Crippen LogP contribution is 2.26. The van der Waals surface area contributed by atoms with Crippen molar-refractivity contribution in [1.29, 1.82) is 0 Å². The van der Waals surface area contributed by atoms with Gasteiger partial charge >= 0.3 is 0 Å². The van der Waals surface area contributed by atoms with E-state index in [1.807, 2.05) is 49.4 Å². The molecule has 3 aromatic carbocycles. The first-order valence-electron chi connectivity index (χ1n) is 9.44. The van der Waals surface area contributed by atoms with Crippen LogP contribution in [0.5, 0.6) is 0 Å². The molecule has 0 radical (unpaired) electrons. The van der Waals surface area contributed by atoms with Crippen molar-refractivity contribution < 1.29 is 9.18 Å². The molecule has 1 amide bonds. The molecule has 0 bridgehead atoms. The Morgan fingerprint density at radius 1 is 1.07 bits per heavy atom. The van der Waals surface area contributed by atoms with Gasteiger partial charge in [0.15, 0.2) is 0 Å². The molecule has 1 aromatic heterocycles. The first-order valence-corrected chi connectivity index (χ1v) is 9.82. The molecular formula is C24H19ClFN3O. The summed E-state index contributed by atoms with van der Waals surface area (Å²) < 4.78 is 15.2. The number of fused-ring (bicyclic) bond motifs is 1. The molecule has 30 heavy (non-hydrogen) atoms. The molecule has 1 N–H and O–H groups in total. The zero-order valence-electron chi connectivity index (χ0n) is 16.3. The fourth-order valence-corrected chi connectivity index (χ4v) is 3.54. The van der Waals surface area contributed by atoms with Crippen molar-refractivity contribution in [2.24, 2.45) is 5.10 Å². The minimum Gasteiger partial charge on any atom is -0.340 e. The zero-order chi connectivity index (χ0) is 21.1. The molecule has 0 atom stereocenters. The van der Waals surface area contributed by atoms with Gasteiger partial charge in [-0.05, 0) is 55.0 Å². The number of benzene rings is 3. The minimum absolute atomic E-state index is 0.343. The minimum atomic E-state index is -0.395. The number of halogens is 2. The fourth-order valence-electron chi connectivity index (χ4n) is 3.42. The first kappa shape index (κ1) is 19.9. The van der Waals surface area contributed by atoms with Crippen LogP contribution in [-0.2, 0) is 6.54 Å². The highest BCUT2D eigenvalue weighted by atomic mass is 35.5. The van der Waals surface area contributed by atoms with E-state index in [-0.39, 0.29) is 5.82 Å². The molecule has 150 valence electrons. The molecule has 6 heteroatoms. The number of nitrogens with zero attached hydrogens (tertiary/aromatic N) is 2. The quantitative estimate of drug-likeness (QED) is 0.334. The molecule has 0 aliphatic carbocycles. The van der Waals surface area contributed by atoms with Crippen LogP contribution in [0.15, 0.2) is 77.9 Å². The Bertz CT molecular complexity index is 1230. The van der Waals surface area contributed by atoms with Crippen LogP contribution >= 0.6 is 11.6 Å². The lowest BCUT2D eigenvalue weighted by Gasteiger charge is -2.09. The van der Waals surface area contributed by atoms with Gasteiger partial charge in [-0.25, -0.2) is 9.82 Å². The summed E-state index contributed by atoms with van der Waals surface area (Å²) in [6.45, 7) is 2.72. The van der Waals surface area contributed by atoms with E-state index in [1.54, 1.807) is 6.21 Å². The molecule has 4 aromatic rings. The lowest BCUT2D eigenvalue weighted by atomic mass is 10.1. The van der Waals surface area contributed by atoms with Gasteiger partial charge in [-0.2, -0.15) is 5.10 Å². The van der Waals surface area contributed by atoms with Gasteiger partial charge in [0.25, 0.3) is 5.91 Å². The Balaban J connectivity index is 1.61. The lowest BCUT2D eigenvalue weighted by molar-refractivity contribution is 0.0955. The topological polar surface area (TPSA) is 46.4 Å². The molecule has 0 spiro atoms. The highest BCUT2D eigenvalue weighted by molar-refractivity contribution is 6.30. The third-order valence-electron chi connectivity index (χ3n) is 5.00. The molecular weight excluding hydrogens is 401 g/mol. The van der Waals surface area contributed by atoms with E-state index in [0.717, 1.165) is 27.7 Å². The van der Waals surface area contributed by atoms with Gasteiger partial charge in [0, 0.05) is 39.3 Å². The van der Waals surface area contributed by atoms with Crippen LogP contribution in [0.1, 0.15) is 27.2 Å². The van der Waals surface area contributed by atoms with Crippen molar-refractivity contribution in [2.45, 2.75) is 13.5 Å². The van der Waals surface area contributed by atoms with Gasteiger partial charge in [-0.1, -0.05) is 41.9 Å². The molecule has 4 rings (SSSR count). The number of rotatable bonds is 5. The van der Waals surface area contributed by atoms with E-state index in [9.17, 15) is 9.18 Å². The number of hydrogen-bond donors (Lipinski definition) is 1. The van der Waals surface area contributed by atoms with Crippen LogP contribution < -0.4 is 5.43 Å². The number of amides is 1. The molecule has 1 heterocycles. The van der Waals surface area contributed by atoms with Crippen molar-refractivity contribution in [1.82, 2.24) is 9.99 Å². The van der Waals surface area contributed by atoms with Gasteiger partial charge in [-0.3, -0.25) is 4.79 Å². The van der Waals surface area contributed by atoms with Crippen LogP contribution in [0.2, 0.25) is 5.02 Å². The van der Waals surface area contributed by atoms with Gasteiger partial charge in [-0.15, -0.1) is 0 Å². The Hall–Kier alpha value is -3.44. The molecule has 0 saturated carbocycles. The fraction of sp³-hybridized carbons (Fsp3) is 0.0833. The number of nitrogens with one attached hydrogen (secondary N) is 1. The van der Waals surface area contributed by atoms with E-state index in [2.05, 4.69) is 21.2 Å². The smallest absolute Gasteiger partial charge is 0.271 e. The van der Waals surface area contributed by atoms with Crippen LogP contribution in [0.3, 0.4) is 0 Å². The lowest BCUT2D eigenvalue weighted by Crippen LogP contribution is -2.17. The van der Waals surface area contributed by atoms with Crippen molar-refractivity contribution in [3.63, 3.8) is 0 Å². The summed E-state index contributed by atoms with van der Waals surface area (Å²) >= 11 is 6.00. The van der Waals surface area contributed by atoms with Crippen LogP contribution in [0, 0.1) is 12.7 Å². The van der Waals surface area contributed by atoms with Crippen LogP contribution in [0.25, 0.3) is 10.9 Å². The maximum absolute atomic E-state index is 13.0. The SMILES string of the molecule is Cc1c(/C=N\NC(=O)c2ccc(F)cc2)c2ccccc2n1Cc1ccc(Cl)cc1. The molecule has 0 unspecified atom stereocenters. The molecule has 4 nitrogen and oxygen atoms in total. The molecule has 0 aliphatic heterocycles. The Morgan fingerprint density at radius 2 is 1.77 bits per heavy atom. The molecule has 0 saturated heterocycles. The molecule has 0 fully saturated rings. The van der Waals surface area contributed by atoms with Crippen molar-refractivity contribution >= 4 is 34.6 Å². The summed E-state index contributed by atoms with van der Waals surface area (Å²) in [5.74, 6) is -0.784. The van der Waals surface area contributed by atoms with Crippen LogP contribution in [0.4, 0.5) is 4.39 Å². The van der Waals surface area contributed by atoms with E-state index >= 15 is 0 Å². The number of hydrogen-bond acceptors (Lipinski definition) is 2. The van der Waals surface area contributed by atoms with E-state index in [4.69, 9.17) is 11.6 Å². The predicted octanol–water partition coefficient (Wildman–Crippen LogP) is 5.55. The molecule has 0 aliphatic rings. The highest BCUT2D eigenvalue weighted by Gasteiger charge is 2.13. The average Bonchev–Trinajstić information content (AvgIpc) is 3.01. The van der Waals surface area contributed by atoms with Crippen molar-refractivity contribution in [2.75, 3.05) is 0 Å². The number of para-hydroxylation sites is 1. The third kappa shape index (κ3) is 4.11. The Morgan fingerprint density at radius 3 is 2.50 bits per heavy atom. The van der Waals surface area contributed by atoms with Gasteiger partial charge in [0.2, 0.25) is 0 Å². The van der Waals surface area contributed by atoms with Gasteiger partial charge in [0.05, 0.1) is 6.21 Å². The number of aromatic nitrogens is 1. The van der Waals surface area contributed by atoms with Crippen LogP contribution in [-0.4, -0.2) is 16.7 Å². The van der Waals surface area contributed by atoms with Crippen molar-refractivity contribution in [3.8, 4) is 0 Å². The Labute approximate surface area is 178 Å². The summed E-state index contributed by atoms with van der Waals surface area (Å²) in [7, 11) is 0. The summed E-state index contributed by atoms with van der Waals surface area (Å²) in [5.41, 5.74) is 7.03. The number of hydrazone groups is 1. The van der Waals surface area contributed by atoms with Crippen molar-refractivity contribution in [3.05, 3.63) is 106 Å². The normalized spacial score (nSPS) is 11.3. The summed E-state index contributed by atoms with van der Waals surface area (Å²) in [6.07, 6.45) is 1.65. The zero-order valence-corrected chi connectivity index (χ0v) is 17.0. The van der Waals surface area contributed by atoms with E-state index in [1.165, 1.54) is 24.3 Å². The number of carbonyl (C=O) groups is 1. The summed E-state index contributed by atoms with van der Waals surface area (Å²) in [5, 5.41) is 5.89. The van der Waals surface area contributed by atoms with Gasteiger partial charge < -0.3 is 4.57 Å². The maximum atomic E-state index is 13.0. The third-order valence-corrected chi connectivity index (χ3v) is 5.25. The predicted molar refractivity (Wildman–Crippen MR) is 119 cm³/mol. The summed E-state index contributed by atoms with van der Waals surface area (Å²) in [4.78, 5) is 12.2. The average molecular weight is 420 g/mol. The second kappa shape index (κ2) is 8.51. The standard InChI is InChI=1S/C24H19ClFN3O/c1-16-22(14-27-28-24(30)18-8-12-20(26)13-9-18)21-4-2-3-5-23(21)29(16)15-17-6-10-19(25)11-7-17/h2-14H,15H2,1H3,(H,28,30)/b27-14-. The summed E-state index contributed by atoms with van der Waals surface area (Å²) in [6, 6.07) is 21.2. The first-order chi connectivity index (χ1) is 14.5. The second-order valence-corrected chi connectivity index (χ2v) is 7.37. The Kier molecular flexibility index (Phi) is 5.63. The second-order valence-electron chi connectivity index (χ2n) is 6.93. The maximum Gasteiger partial charge on any atom is 0.271 e. The largest absolute Gasteiger partial charge is 0.340 e. The monoisotopic (exact) mass is 419 g/mol.